The summed E-state index contributed by atoms with van der Waals surface area (Å²) in [6, 6.07) is 9.42. The topological polar surface area (TPSA) is 110 Å². The number of amides is 1. The Labute approximate surface area is 222 Å². The molecule has 0 saturated carbocycles. The zero-order valence-corrected chi connectivity index (χ0v) is 23.1. The van der Waals surface area contributed by atoms with Gasteiger partial charge in [0.1, 0.15) is 9.84 Å². The molecule has 1 amide bonds. The van der Waals surface area contributed by atoms with Gasteiger partial charge in [-0.05, 0) is 55.2 Å². The minimum atomic E-state index is -3.33. The van der Waals surface area contributed by atoms with Crippen molar-refractivity contribution in [1.82, 2.24) is 13.9 Å². The van der Waals surface area contributed by atoms with Gasteiger partial charge in [0, 0.05) is 53.7 Å². The average Bonchev–Trinajstić information content (AvgIpc) is 3.26. The molecule has 0 bridgehead atoms. The molecule has 0 radical (unpaired) electrons. The van der Waals surface area contributed by atoms with Crippen LogP contribution in [0.15, 0.2) is 42.7 Å². The zero-order chi connectivity index (χ0) is 26.6. The number of hydrogen-bond donors (Lipinski definition) is 0. The number of sulfone groups is 1. The predicted molar refractivity (Wildman–Crippen MR) is 144 cm³/mol. The smallest absolute Gasteiger partial charge is 0.238 e. The van der Waals surface area contributed by atoms with Gasteiger partial charge >= 0.3 is 0 Å². The monoisotopic (exact) mass is 564 g/mol. The first-order valence-corrected chi connectivity index (χ1v) is 16.3. The molecule has 37 heavy (non-hydrogen) atoms. The Bertz CT molecular complexity index is 1590. The van der Waals surface area contributed by atoms with Gasteiger partial charge in [-0.25, -0.2) is 21.1 Å². The number of aromatic nitrogens is 2. The lowest BCUT2D eigenvalue weighted by Gasteiger charge is -2.37. The van der Waals surface area contributed by atoms with Gasteiger partial charge in [-0.2, -0.15) is 0 Å². The molecule has 12 heteroatoms. The fourth-order valence-electron chi connectivity index (χ4n) is 5.67. The van der Waals surface area contributed by atoms with Crippen LogP contribution in [0, 0.1) is 0 Å². The van der Waals surface area contributed by atoms with Crippen molar-refractivity contribution in [2.45, 2.75) is 37.8 Å². The first-order chi connectivity index (χ1) is 17.4. The van der Waals surface area contributed by atoms with Gasteiger partial charge in [0.25, 0.3) is 0 Å². The molecular weight excluding hydrogens is 536 g/mol. The lowest BCUT2D eigenvalue weighted by atomic mass is 9.74. The summed E-state index contributed by atoms with van der Waals surface area (Å²) < 4.78 is 51.1. The number of aryl methyl sites for hydroxylation is 1. The van der Waals surface area contributed by atoms with E-state index >= 15 is 0 Å². The van der Waals surface area contributed by atoms with E-state index in [0.29, 0.717) is 30.8 Å². The van der Waals surface area contributed by atoms with Gasteiger partial charge in [-0.3, -0.25) is 9.78 Å². The Morgan fingerprint density at radius 1 is 1.05 bits per heavy atom. The van der Waals surface area contributed by atoms with Crippen molar-refractivity contribution in [1.29, 1.82) is 0 Å². The van der Waals surface area contributed by atoms with Gasteiger partial charge < -0.3 is 9.47 Å². The number of hydrogen-bond acceptors (Lipinski definition) is 6. The van der Waals surface area contributed by atoms with Gasteiger partial charge in [0.2, 0.25) is 15.9 Å². The Hall–Kier alpha value is -2.47. The average molecular weight is 565 g/mol. The second-order valence-corrected chi connectivity index (χ2v) is 14.7. The predicted octanol–water partition coefficient (Wildman–Crippen LogP) is 2.96. The van der Waals surface area contributed by atoms with E-state index in [2.05, 4.69) is 9.55 Å². The first-order valence-electron chi connectivity index (χ1n) is 12.1. The molecule has 2 aliphatic rings. The molecule has 1 spiro atoms. The summed E-state index contributed by atoms with van der Waals surface area (Å²) in [6.07, 6.45) is 7.03. The third kappa shape index (κ3) is 4.89. The third-order valence-electron chi connectivity index (χ3n) is 7.47. The molecule has 5 rings (SSSR count). The fraction of sp³-hybridized carbons (Fsp3) is 0.440. The molecule has 0 unspecified atom stereocenters. The van der Waals surface area contributed by atoms with Crippen molar-refractivity contribution in [3.63, 3.8) is 0 Å². The number of rotatable bonds is 7. The van der Waals surface area contributed by atoms with E-state index in [0.717, 1.165) is 27.8 Å². The third-order valence-corrected chi connectivity index (χ3v) is 10.0. The van der Waals surface area contributed by atoms with Crippen molar-refractivity contribution < 1.29 is 21.6 Å². The molecule has 3 aromatic rings. The molecule has 0 N–H and O–H groups in total. The normalized spacial score (nSPS) is 18.1. The maximum Gasteiger partial charge on any atom is 0.238 e. The summed E-state index contributed by atoms with van der Waals surface area (Å²) in [5.74, 6) is 0.00400. The molecule has 0 aliphatic carbocycles. The standard InChI is InChI=1S/C25H29ClN4O5S2/c1-36(32,33)13-3-10-29-20(15-18-14-19(26)4-5-22(18)29)17-30-23-16-27-9-6-21(23)25(24(30)31)7-11-28(12-8-25)37(2,34)35/h4-6,9,14-16H,3,7-8,10-13,17H2,1-2H3. The summed E-state index contributed by atoms with van der Waals surface area (Å²) in [5, 5.41) is 1.51. The van der Waals surface area contributed by atoms with Crippen LogP contribution >= 0.6 is 11.6 Å². The van der Waals surface area contributed by atoms with E-state index in [1.54, 1.807) is 23.4 Å². The number of fused-ring (bicyclic) bond motifs is 3. The SMILES string of the molecule is CS(=O)(=O)CCCn1c(CN2C(=O)C3(CCN(S(C)(=O)=O)CC3)c3ccncc32)cc2cc(Cl)ccc21. The van der Waals surface area contributed by atoms with Crippen molar-refractivity contribution >= 4 is 54.0 Å². The van der Waals surface area contributed by atoms with Crippen LogP contribution in [0.5, 0.6) is 0 Å². The quantitative estimate of drug-likeness (QED) is 0.436. The number of halogens is 1. The van der Waals surface area contributed by atoms with E-state index in [1.165, 1.54) is 16.8 Å². The summed E-state index contributed by atoms with van der Waals surface area (Å²) in [7, 11) is -6.44. The number of pyridine rings is 1. The number of benzene rings is 1. The first kappa shape index (κ1) is 26.1. The number of carbonyl (C=O) groups excluding carboxylic acids is 1. The molecule has 0 atom stereocenters. The van der Waals surface area contributed by atoms with Crippen molar-refractivity contribution in [3.8, 4) is 0 Å². The van der Waals surface area contributed by atoms with E-state index in [9.17, 15) is 21.6 Å². The minimum Gasteiger partial charge on any atom is -0.343 e. The van der Waals surface area contributed by atoms with Crippen LogP contribution in [0.25, 0.3) is 10.9 Å². The molecule has 4 heterocycles. The van der Waals surface area contributed by atoms with Crippen LogP contribution in [0.1, 0.15) is 30.5 Å². The second-order valence-electron chi connectivity index (χ2n) is 10.0. The highest BCUT2D eigenvalue weighted by molar-refractivity contribution is 7.90. The van der Waals surface area contributed by atoms with Crippen LogP contribution < -0.4 is 4.90 Å². The molecule has 1 saturated heterocycles. The van der Waals surface area contributed by atoms with E-state index < -0.39 is 25.3 Å². The number of sulfonamides is 1. The zero-order valence-electron chi connectivity index (χ0n) is 20.7. The van der Waals surface area contributed by atoms with Crippen LogP contribution in [0.2, 0.25) is 5.02 Å². The second kappa shape index (κ2) is 9.37. The summed E-state index contributed by atoms with van der Waals surface area (Å²) in [4.78, 5) is 20.1. The summed E-state index contributed by atoms with van der Waals surface area (Å²) in [5.41, 5.74) is 2.59. The van der Waals surface area contributed by atoms with Gasteiger partial charge in [0.15, 0.2) is 0 Å². The highest BCUT2D eigenvalue weighted by atomic mass is 35.5. The van der Waals surface area contributed by atoms with E-state index in [-0.39, 0.29) is 31.3 Å². The van der Waals surface area contributed by atoms with Crippen molar-refractivity contribution in [2.75, 3.05) is 36.3 Å². The van der Waals surface area contributed by atoms with Crippen LogP contribution in [0.3, 0.4) is 0 Å². The highest BCUT2D eigenvalue weighted by Gasteiger charge is 2.53. The summed E-state index contributed by atoms with van der Waals surface area (Å²) in [6.45, 7) is 1.32. The number of anilines is 1. The molecule has 9 nitrogen and oxygen atoms in total. The maximum absolute atomic E-state index is 14.0. The summed E-state index contributed by atoms with van der Waals surface area (Å²) >= 11 is 6.24. The Morgan fingerprint density at radius 3 is 2.46 bits per heavy atom. The number of carbonyl (C=O) groups is 1. The molecule has 2 aromatic heterocycles. The molecule has 2 aliphatic heterocycles. The lowest BCUT2D eigenvalue weighted by Crippen LogP contribution is -2.49. The molecular formula is C25H29ClN4O5S2. The highest BCUT2D eigenvalue weighted by Crippen LogP contribution is 2.48. The van der Waals surface area contributed by atoms with E-state index in [1.807, 2.05) is 24.3 Å². The Kier molecular flexibility index (Phi) is 6.62. The maximum atomic E-state index is 14.0. The molecule has 1 fully saturated rings. The number of nitrogens with zero attached hydrogens (tertiary/aromatic N) is 4. The van der Waals surface area contributed by atoms with Crippen molar-refractivity contribution in [2.24, 2.45) is 0 Å². The Balaban J connectivity index is 1.50. The Morgan fingerprint density at radius 2 is 1.78 bits per heavy atom. The van der Waals surface area contributed by atoms with Gasteiger partial charge in [0.05, 0.1) is 35.9 Å². The largest absolute Gasteiger partial charge is 0.343 e. The fourth-order valence-corrected chi connectivity index (χ4v) is 7.35. The molecule has 1 aromatic carbocycles. The minimum absolute atomic E-state index is 0.0605. The van der Waals surface area contributed by atoms with Gasteiger partial charge in [-0.15, -0.1) is 0 Å². The lowest BCUT2D eigenvalue weighted by molar-refractivity contribution is -0.124. The van der Waals surface area contributed by atoms with Gasteiger partial charge in [-0.1, -0.05) is 11.6 Å². The molecule has 198 valence electrons. The van der Waals surface area contributed by atoms with E-state index in [4.69, 9.17) is 11.6 Å². The van der Waals surface area contributed by atoms with Crippen LogP contribution in [-0.4, -0.2) is 68.0 Å². The van der Waals surface area contributed by atoms with Crippen LogP contribution in [-0.2, 0) is 43.2 Å². The van der Waals surface area contributed by atoms with Crippen LogP contribution in [0.4, 0.5) is 5.69 Å². The number of piperidine rings is 1. The van der Waals surface area contributed by atoms with Crippen molar-refractivity contribution in [3.05, 3.63) is 59.0 Å².